The van der Waals surface area contributed by atoms with E-state index in [1.165, 1.54) is 11.8 Å². The number of halogens is 2. The van der Waals surface area contributed by atoms with Crippen LogP contribution in [-0.2, 0) is 11.3 Å². The van der Waals surface area contributed by atoms with E-state index in [9.17, 15) is 4.79 Å². The minimum Gasteiger partial charge on any atom is -0.351 e. The Balaban J connectivity index is 1.51. The van der Waals surface area contributed by atoms with Crippen LogP contribution in [0, 0.1) is 0 Å². The zero-order valence-corrected chi connectivity index (χ0v) is 16.2. The Hall–Kier alpha value is -1.83. The van der Waals surface area contributed by atoms with Crippen LogP contribution in [-0.4, -0.2) is 26.8 Å². The molecule has 1 aromatic heterocycles. The van der Waals surface area contributed by atoms with Crippen molar-refractivity contribution in [2.45, 2.75) is 11.7 Å². The average Bonchev–Trinajstić information content (AvgIpc) is 3.08. The second kappa shape index (κ2) is 8.51. The smallest absolute Gasteiger partial charge is 0.230 e. The Morgan fingerprint density at radius 3 is 2.72 bits per heavy atom. The summed E-state index contributed by atoms with van der Waals surface area (Å²) >= 11 is 10.6. The van der Waals surface area contributed by atoms with Gasteiger partial charge in [0.2, 0.25) is 11.1 Å². The highest BCUT2D eigenvalue weighted by molar-refractivity contribution is 9.10. The first-order chi connectivity index (χ1) is 12.1. The summed E-state index contributed by atoms with van der Waals surface area (Å²) < 4.78 is 0.934. The number of aromatic nitrogens is 3. The quantitative estimate of drug-likeness (QED) is 0.564. The lowest BCUT2D eigenvalue weighted by Gasteiger charge is -2.04. The van der Waals surface area contributed by atoms with Crippen LogP contribution in [0.4, 0.5) is 0 Å². The van der Waals surface area contributed by atoms with Crippen molar-refractivity contribution in [1.82, 2.24) is 20.5 Å². The van der Waals surface area contributed by atoms with E-state index in [1.807, 2.05) is 36.4 Å². The molecule has 0 saturated carbocycles. The maximum Gasteiger partial charge on any atom is 0.230 e. The molecule has 3 aromatic rings. The average molecular weight is 438 g/mol. The molecule has 1 heterocycles. The van der Waals surface area contributed by atoms with Gasteiger partial charge in [0.05, 0.1) is 5.75 Å². The summed E-state index contributed by atoms with van der Waals surface area (Å²) in [6.07, 6.45) is 0. The minimum absolute atomic E-state index is 0.0767. The first-order valence-corrected chi connectivity index (χ1v) is 9.59. The molecule has 0 atom stereocenters. The molecule has 0 fully saturated rings. The van der Waals surface area contributed by atoms with Crippen molar-refractivity contribution in [3.8, 4) is 11.4 Å². The molecule has 5 nitrogen and oxygen atoms in total. The third-order valence-electron chi connectivity index (χ3n) is 3.33. The van der Waals surface area contributed by atoms with Crippen LogP contribution in [0.25, 0.3) is 11.4 Å². The van der Waals surface area contributed by atoms with Crippen molar-refractivity contribution < 1.29 is 4.79 Å². The predicted octanol–water partition coefficient (Wildman–Crippen LogP) is 4.30. The lowest BCUT2D eigenvalue weighted by Crippen LogP contribution is -2.24. The van der Waals surface area contributed by atoms with Crippen LogP contribution in [0.3, 0.4) is 0 Å². The second-order valence-electron chi connectivity index (χ2n) is 5.14. The van der Waals surface area contributed by atoms with Crippen molar-refractivity contribution in [3.05, 3.63) is 63.6 Å². The van der Waals surface area contributed by atoms with E-state index in [4.69, 9.17) is 11.6 Å². The number of nitrogens with one attached hydrogen (secondary N) is 2. The van der Waals surface area contributed by atoms with Crippen LogP contribution in [0.5, 0.6) is 0 Å². The van der Waals surface area contributed by atoms with Gasteiger partial charge in [0.1, 0.15) is 0 Å². The molecular weight excluding hydrogens is 424 g/mol. The van der Waals surface area contributed by atoms with Gasteiger partial charge in [-0.2, -0.15) is 0 Å². The number of hydrogen-bond acceptors (Lipinski definition) is 4. The van der Waals surface area contributed by atoms with Gasteiger partial charge in [0.25, 0.3) is 0 Å². The summed E-state index contributed by atoms with van der Waals surface area (Å²) in [7, 11) is 0. The Kier molecular flexibility index (Phi) is 6.12. The lowest BCUT2D eigenvalue weighted by atomic mass is 10.2. The van der Waals surface area contributed by atoms with Gasteiger partial charge in [-0.25, -0.2) is 4.98 Å². The first-order valence-electron chi connectivity index (χ1n) is 7.43. The molecule has 8 heteroatoms. The Labute approximate surface area is 162 Å². The molecule has 0 aliphatic rings. The zero-order valence-electron chi connectivity index (χ0n) is 13.0. The van der Waals surface area contributed by atoms with E-state index in [0.29, 0.717) is 22.5 Å². The van der Waals surface area contributed by atoms with Crippen molar-refractivity contribution in [3.63, 3.8) is 0 Å². The number of benzene rings is 2. The first kappa shape index (κ1) is 18.0. The van der Waals surface area contributed by atoms with Crippen molar-refractivity contribution in [2.24, 2.45) is 0 Å². The van der Waals surface area contributed by atoms with Crippen molar-refractivity contribution >= 4 is 45.2 Å². The topological polar surface area (TPSA) is 70.7 Å². The standard InChI is InChI=1S/C17H14BrClN4OS/c18-14-4-2-1-3-13(14)16-21-17(23-22-16)25-10-15(24)20-9-11-5-7-12(19)8-6-11/h1-8H,9-10H2,(H,20,24)(H,21,22,23). The maximum atomic E-state index is 12.0. The lowest BCUT2D eigenvalue weighted by molar-refractivity contribution is -0.118. The fraction of sp³-hybridized carbons (Fsp3) is 0.118. The van der Waals surface area contributed by atoms with Crippen LogP contribution in [0.1, 0.15) is 5.56 Å². The van der Waals surface area contributed by atoms with Gasteiger partial charge >= 0.3 is 0 Å². The third kappa shape index (κ3) is 5.07. The van der Waals surface area contributed by atoms with E-state index in [1.54, 1.807) is 12.1 Å². The summed E-state index contributed by atoms with van der Waals surface area (Å²) in [6.45, 7) is 0.465. The predicted molar refractivity (Wildman–Crippen MR) is 104 cm³/mol. The molecule has 0 radical (unpaired) electrons. The normalized spacial score (nSPS) is 10.6. The Morgan fingerprint density at radius 2 is 1.96 bits per heavy atom. The highest BCUT2D eigenvalue weighted by Gasteiger charge is 2.10. The molecule has 0 aliphatic carbocycles. The van der Waals surface area contributed by atoms with Gasteiger partial charge in [0.15, 0.2) is 5.82 Å². The van der Waals surface area contributed by atoms with Crippen LogP contribution in [0.2, 0.25) is 5.02 Å². The number of H-pyrrole nitrogens is 1. The number of carbonyl (C=O) groups is 1. The van der Waals surface area contributed by atoms with Crippen molar-refractivity contribution in [1.29, 1.82) is 0 Å². The van der Waals surface area contributed by atoms with E-state index < -0.39 is 0 Å². The molecule has 0 bridgehead atoms. The molecule has 0 aliphatic heterocycles. The summed E-state index contributed by atoms with van der Waals surface area (Å²) in [4.78, 5) is 16.4. The molecule has 3 rings (SSSR count). The molecule has 25 heavy (non-hydrogen) atoms. The van der Waals surface area contributed by atoms with E-state index >= 15 is 0 Å². The van der Waals surface area contributed by atoms with Gasteiger partial charge in [0, 0.05) is 21.6 Å². The summed E-state index contributed by atoms with van der Waals surface area (Å²) in [6, 6.07) is 15.1. The highest BCUT2D eigenvalue weighted by Crippen LogP contribution is 2.26. The number of amides is 1. The SMILES string of the molecule is O=C(CSc1n[nH]c(-c2ccccc2Br)n1)NCc1ccc(Cl)cc1. The van der Waals surface area contributed by atoms with Gasteiger partial charge in [-0.15, -0.1) is 5.10 Å². The third-order valence-corrected chi connectivity index (χ3v) is 5.12. The van der Waals surface area contributed by atoms with Crippen molar-refractivity contribution in [2.75, 3.05) is 5.75 Å². The molecule has 128 valence electrons. The van der Waals surface area contributed by atoms with Gasteiger partial charge < -0.3 is 5.32 Å². The van der Waals surface area contributed by atoms with Crippen LogP contribution in [0.15, 0.2) is 58.2 Å². The summed E-state index contributed by atoms with van der Waals surface area (Å²) in [5.74, 6) is 0.838. The molecule has 1 amide bonds. The number of nitrogens with zero attached hydrogens (tertiary/aromatic N) is 2. The molecule has 0 spiro atoms. The Morgan fingerprint density at radius 1 is 1.20 bits per heavy atom. The largest absolute Gasteiger partial charge is 0.351 e. The monoisotopic (exact) mass is 436 g/mol. The molecule has 2 N–H and O–H groups in total. The summed E-state index contributed by atoms with van der Waals surface area (Å²) in [5, 5.41) is 11.1. The van der Waals surface area contributed by atoms with Gasteiger partial charge in [-0.05, 0) is 23.8 Å². The molecule has 2 aromatic carbocycles. The van der Waals surface area contributed by atoms with Crippen LogP contribution < -0.4 is 5.32 Å². The summed E-state index contributed by atoms with van der Waals surface area (Å²) in [5.41, 5.74) is 1.92. The fourth-order valence-electron chi connectivity index (χ4n) is 2.07. The second-order valence-corrected chi connectivity index (χ2v) is 7.37. The Bertz CT molecular complexity index is 869. The minimum atomic E-state index is -0.0767. The number of thioether (sulfide) groups is 1. The zero-order chi connectivity index (χ0) is 17.6. The number of aromatic amines is 1. The maximum absolute atomic E-state index is 12.0. The number of hydrogen-bond donors (Lipinski definition) is 2. The van der Waals surface area contributed by atoms with Crippen LogP contribution >= 0.6 is 39.3 Å². The van der Waals surface area contributed by atoms with E-state index in [0.717, 1.165) is 15.6 Å². The van der Waals surface area contributed by atoms with E-state index in [-0.39, 0.29) is 11.7 Å². The van der Waals surface area contributed by atoms with Gasteiger partial charge in [-0.1, -0.05) is 69.6 Å². The molecular formula is C17H14BrClN4OS. The number of carbonyl (C=O) groups excluding carboxylic acids is 1. The number of rotatable bonds is 6. The molecule has 0 unspecified atom stereocenters. The van der Waals surface area contributed by atoms with Gasteiger partial charge in [-0.3, -0.25) is 9.89 Å². The van der Waals surface area contributed by atoms with E-state index in [2.05, 4.69) is 36.4 Å². The highest BCUT2D eigenvalue weighted by atomic mass is 79.9. The molecule has 0 saturated heterocycles. The fourth-order valence-corrected chi connectivity index (χ4v) is 3.30.